The van der Waals surface area contributed by atoms with Crippen LogP contribution in [0.3, 0.4) is 0 Å². The zero-order valence-electron chi connectivity index (χ0n) is 11.3. The molecule has 0 spiro atoms. The number of nitrogens with one attached hydrogen (secondary N) is 1. The van der Waals surface area contributed by atoms with Crippen molar-refractivity contribution in [2.75, 3.05) is 10.5 Å². The molecule has 0 atom stereocenters. The average molecular weight is 401 g/mol. The number of primary amides is 1. The summed E-state index contributed by atoms with van der Waals surface area (Å²) in [5.41, 5.74) is 5.53. The van der Waals surface area contributed by atoms with Gasteiger partial charge in [-0.1, -0.05) is 24.3 Å². The van der Waals surface area contributed by atoms with Gasteiger partial charge in [0.15, 0.2) is 0 Å². The number of benzene rings is 2. The Bertz CT molecular complexity index is 794. The highest BCUT2D eigenvalue weighted by molar-refractivity contribution is 9.10. The maximum absolute atomic E-state index is 12.5. The molecule has 0 aliphatic carbocycles. The summed E-state index contributed by atoms with van der Waals surface area (Å²) < 4.78 is 28.0. The molecule has 2 aromatic rings. The first-order valence-corrected chi connectivity index (χ1v) is 9.44. The van der Waals surface area contributed by atoms with Gasteiger partial charge in [-0.3, -0.25) is 9.52 Å². The number of carbonyl (C=O) groups is 1. The van der Waals surface area contributed by atoms with Crippen LogP contribution in [0.1, 0.15) is 0 Å². The summed E-state index contributed by atoms with van der Waals surface area (Å²) in [6.07, 6.45) is 0. The monoisotopic (exact) mass is 400 g/mol. The number of para-hydroxylation sites is 1. The lowest BCUT2D eigenvalue weighted by Gasteiger charge is -2.12. The third-order valence-electron chi connectivity index (χ3n) is 2.63. The summed E-state index contributed by atoms with van der Waals surface area (Å²) in [5.74, 6) is -0.387. The molecule has 0 saturated carbocycles. The third-order valence-corrected chi connectivity index (χ3v) is 6.10. The van der Waals surface area contributed by atoms with Crippen molar-refractivity contribution >= 4 is 49.3 Å². The van der Waals surface area contributed by atoms with E-state index in [1.165, 1.54) is 17.8 Å². The van der Waals surface area contributed by atoms with E-state index in [2.05, 4.69) is 20.7 Å². The minimum absolute atomic E-state index is 0.0772. The van der Waals surface area contributed by atoms with Crippen LogP contribution in [-0.2, 0) is 14.8 Å². The Morgan fingerprint density at radius 1 is 1.14 bits per heavy atom. The molecule has 0 bridgehead atoms. The summed E-state index contributed by atoms with van der Waals surface area (Å²) in [6, 6.07) is 13.4. The Labute approximate surface area is 141 Å². The van der Waals surface area contributed by atoms with Crippen LogP contribution in [0, 0.1) is 0 Å². The van der Waals surface area contributed by atoms with Crippen molar-refractivity contribution in [3.8, 4) is 0 Å². The molecule has 0 fully saturated rings. The fourth-order valence-electron chi connectivity index (χ4n) is 1.69. The molecule has 2 aromatic carbocycles. The lowest BCUT2D eigenvalue weighted by Crippen LogP contribution is -2.15. The third kappa shape index (κ3) is 4.25. The molecule has 0 aromatic heterocycles. The molecule has 8 heteroatoms. The van der Waals surface area contributed by atoms with E-state index >= 15 is 0 Å². The van der Waals surface area contributed by atoms with Crippen molar-refractivity contribution in [1.82, 2.24) is 0 Å². The van der Waals surface area contributed by atoms with Crippen molar-refractivity contribution in [3.63, 3.8) is 0 Å². The maximum atomic E-state index is 12.5. The molecular weight excluding hydrogens is 388 g/mol. The van der Waals surface area contributed by atoms with Gasteiger partial charge in [0.05, 0.1) is 11.4 Å². The van der Waals surface area contributed by atoms with E-state index in [1.807, 2.05) is 0 Å². The number of thioether (sulfide) groups is 1. The fraction of sp³-hybridized carbons (Fsp3) is 0.0714. The molecule has 1 amide bonds. The van der Waals surface area contributed by atoms with Gasteiger partial charge in [0, 0.05) is 9.37 Å². The predicted molar refractivity (Wildman–Crippen MR) is 91.3 cm³/mol. The first-order chi connectivity index (χ1) is 10.4. The van der Waals surface area contributed by atoms with Gasteiger partial charge in [0.2, 0.25) is 5.91 Å². The van der Waals surface area contributed by atoms with Crippen LogP contribution in [0.25, 0.3) is 0 Å². The lowest BCUT2D eigenvalue weighted by atomic mass is 10.3. The van der Waals surface area contributed by atoms with E-state index in [0.717, 1.165) is 0 Å². The van der Waals surface area contributed by atoms with Gasteiger partial charge in [-0.2, -0.15) is 0 Å². The molecule has 0 saturated heterocycles. The maximum Gasteiger partial charge on any atom is 0.263 e. The van der Waals surface area contributed by atoms with Crippen LogP contribution in [0.15, 0.2) is 62.8 Å². The van der Waals surface area contributed by atoms with E-state index in [0.29, 0.717) is 15.1 Å². The number of anilines is 1. The highest BCUT2D eigenvalue weighted by atomic mass is 79.9. The topological polar surface area (TPSA) is 89.3 Å². The van der Waals surface area contributed by atoms with Crippen LogP contribution < -0.4 is 10.5 Å². The lowest BCUT2D eigenvalue weighted by molar-refractivity contribution is -0.115. The van der Waals surface area contributed by atoms with Crippen molar-refractivity contribution in [2.45, 2.75) is 9.79 Å². The first kappa shape index (κ1) is 16.9. The minimum atomic E-state index is -3.73. The smallest absolute Gasteiger partial charge is 0.263 e. The zero-order valence-corrected chi connectivity index (χ0v) is 14.5. The van der Waals surface area contributed by atoms with Crippen LogP contribution in [-0.4, -0.2) is 20.1 Å². The molecule has 0 heterocycles. The number of carbonyl (C=O) groups excluding carboxylic acids is 1. The van der Waals surface area contributed by atoms with Gasteiger partial charge in [-0.25, -0.2) is 8.42 Å². The molecule has 0 aliphatic heterocycles. The van der Waals surface area contributed by atoms with E-state index in [4.69, 9.17) is 5.73 Å². The number of hydrogen-bond acceptors (Lipinski definition) is 4. The Kier molecular flexibility index (Phi) is 5.49. The summed E-state index contributed by atoms with van der Waals surface area (Å²) in [6.45, 7) is 0. The molecule has 3 N–H and O–H groups in total. The number of sulfonamides is 1. The summed E-state index contributed by atoms with van der Waals surface area (Å²) in [5, 5.41) is 0. The van der Waals surface area contributed by atoms with Gasteiger partial charge in [0.25, 0.3) is 10.0 Å². The van der Waals surface area contributed by atoms with Crippen molar-refractivity contribution in [3.05, 3.63) is 53.0 Å². The molecule has 0 unspecified atom stereocenters. The number of halogens is 1. The van der Waals surface area contributed by atoms with Crippen LogP contribution >= 0.6 is 27.7 Å². The van der Waals surface area contributed by atoms with Crippen LogP contribution in [0.5, 0.6) is 0 Å². The Morgan fingerprint density at radius 3 is 2.45 bits per heavy atom. The van der Waals surface area contributed by atoms with Gasteiger partial charge in [-0.15, -0.1) is 11.8 Å². The highest BCUT2D eigenvalue weighted by Gasteiger charge is 2.18. The van der Waals surface area contributed by atoms with E-state index < -0.39 is 15.9 Å². The standard InChI is InChI=1S/C14H13BrN2O3S2/c15-10-5-1-4-8-13(10)22(19,20)17-11-6-2-3-7-12(11)21-9-14(16)18/h1-8,17H,9H2,(H2,16,18). The second kappa shape index (κ2) is 7.17. The van der Waals surface area contributed by atoms with Crippen molar-refractivity contribution < 1.29 is 13.2 Å². The van der Waals surface area contributed by atoms with Gasteiger partial charge >= 0.3 is 0 Å². The molecule has 5 nitrogen and oxygen atoms in total. The number of rotatable bonds is 6. The van der Waals surface area contributed by atoms with Crippen molar-refractivity contribution in [1.29, 1.82) is 0 Å². The normalized spacial score (nSPS) is 11.1. The average Bonchev–Trinajstić information content (AvgIpc) is 2.46. The number of nitrogens with two attached hydrogens (primary N) is 1. The summed E-state index contributed by atoms with van der Waals surface area (Å²) in [4.78, 5) is 11.7. The molecular formula is C14H13BrN2O3S2. The van der Waals surface area contributed by atoms with Crippen molar-refractivity contribution in [2.24, 2.45) is 5.73 Å². The molecule has 22 heavy (non-hydrogen) atoms. The second-order valence-electron chi connectivity index (χ2n) is 4.29. The molecule has 2 rings (SSSR count). The van der Waals surface area contributed by atoms with Gasteiger partial charge < -0.3 is 5.73 Å². The molecule has 0 aliphatic rings. The van der Waals surface area contributed by atoms with E-state index in [-0.39, 0.29) is 10.6 Å². The largest absolute Gasteiger partial charge is 0.369 e. The summed E-state index contributed by atoms with van der Waals surface area (Å²) >= 11 is 4.41. The predicted octanol–water partition coefficient (Wildman–Crippen LogP) is 2.83. The number of amides is 1. The highest BCUT2D eigenvalue weighted by Crippen LogP contribution is 2.30. The van der Waals surface area contributed by atoms with E-state index in [9.17, 15) is 13.2 Å². The van der Waals surface area contributed by atoms with Gasteiger partial charge in [0.1, 0.15) is 4.90 Å². The Morgan fingerprint density at radius 2 is 1.77 bits per heavy atom. The van der Waals surface area contributed by atoms with Gasteiger partial charge in [-0.05, 0) is 40.2 Å². The SMILES string of the molecule is NC(=O)CSc1ccccc1NS(=O)(=O)c1ccccc1Br. The quantitative estimate of drug-likeness (QED) is 0.729. The Hall–Kier alpha value is -1.51. The second-order valence-corrected chi connectivity index (χ2v) is 7.81. The number of hydrogen-bond donors (Lipinski definition) is 2. The first-order valence-electron chi connectivity index (χ1n) is 6.17. The zero-order chi connectivity index (χ0) is 16.2. The minimum Gasteiger partial charge on any atom is -0.369 e. The summed E-state index contributed by atoms with van der Waals surface area (Å²) in [7, 11) is -3.73. The Balaban J connectivity index is 2.30. The van der Waals surface area contributed by atoms with Crippen LogP contribution in [0.2, 0.25) is 0 Å². The molecule has 116 valence electrons. The fourth-order valence-corrected chi connectivity index (χ4v) is 4.58. The van der Waals surface area contributed by atoms with E-state index in [1.54, 1.807) is 42.5 Å². The molecule has 0 radical (unpaired) electrons. The van der Waals surface area contributed by atoms with Crippen LogP contribution in [0.4, 0.5) is 5.69 Å².